The molecule has 0 saturated carbocycles. The lowest BCUT2D eigenvalue weighted by atomic mass is 10.1. The van der Waals surface area contributed by atoms with Crippen molar-refractivity contribution in [1.29, 1.82) is 0 Å². The molecule has 190 valence electrons. The molecule has 3 aromatic rings. The number of aryl methyl sites for hydroxylation is 1. The number of thiazole rings is 1. The molecule has 2 aromatic carbocycles. The molecule has 0 bridgehead atoms. The largest absolute Gasteiger partial charge is 0.379 e. The van der Waals surface area contributed by atoms with Gasteiger partial charge in [0.1, 0.15) is 0 Å². The zero-order valence-electron chi connectivity index (χ0n) is 20.1. The third kappa shape index (κ3) is 5.59. The van der Waals surface area contributed by atoms with Crippen molar-refractivity contribution in [3.63, 3.8) is 0 Å². The summed E-state index contributed by atoms with van der Waals surface area (Å²) in [6, 6.07) is 12.8. The Hall–Kier alpha value is -2.85. The van der Waals surface area contributed by atoms with Gasteiger partial charge in [0.05, 0.1) is 29.1 Å². The number of morpholine rings is 1. The first-order valence-electron chi connectivity index (χ1n) is 11.9. The Morgan fingerprint density at radius 1 is 1.06 bits per heavy atom. The first-order valence-corrected chi connectivity index (χ1v) is 12.8. The first-order chi connectivity index (χ1) is 17.0. The van der Waals surface area contributed by atoms with Crippen molar-refractivity contribution < 1.29 is 19.1 Å². The highest BCUT2D eigenvalue weighted by Gasteiger charge is 2.30. The van der Waals surface area contributed by atoms with E-state index in [0.29, 0.717) is 22.9 Å². The Kier molecular flexibility index (Phi) is 8.35. The number of hydrogen-bond acceptors (Lipinski definition) is 7. The summed E-state index contributed by atoms with van der Waals surface area (Å²) in [7, 11) is 0. The minimum atomic E-state index is -0.205. The number of anilines is 2. The number of carbonyl (C=O) groups excluding carboxylic acids is 3. The Morgan fingerprint density at radius 2 is 1.75 bits per heavy atom. The quantitative estimate of drug-likeness (QED) is 0.430. The fourth-order valence-corrected chi connectivity index (χ4v) is 5.56. The summed E-state index contributed by atoms with van der Waals surface area (Å²) in [6.45, 7) is 6.77. The van der Waals surface area contributed by atoms with E-state index in [1.807, 2.05) is 19.1 Å². The Balaban J connectivity index is 0.00000304. The fraction of sp³-hybridized carbons (Fsp3) is 0.385. The number of amides is 3. The molecule has 1 aromatic heterocycles. The minimum Gasteiger partial charge on any atom is -0.379 e. The highest BCUT2D eigenvalue weighted by atomic mass is 35.5. The third-order valence-corrected chi connectivity index (χ3v) is 7.43. The van der Waals surface area contributed by atoms with Crippen LogP contribution in [0.15, 0.2) is 42.5 Å². The van der Waals surface area contributed by atoms with Gasteiger partial charge in [0.25, 0.3) is 5.91 Å². The van der Waals surface area contributed by atoms with E-state index >= 15 is 0 Å². The van der Waals surface area contributed by atoms with Crippen molar-refractivity contribution in [2.45, 2.75) is 26.2 Å². The molecule has 0 atom stereocenters. The molecule has 36 heavy (non-hydrogen) atoms. The van der Waals surface area contributed by atoms with Gasteiger partial charge in [0.15, 0.2) is 5.13 Å². The van der Waals surface area contributed by atoms with Crippen LogP contribution in [0.5, 0.6) is 0 Å². The number of carbonyl (C=O) groups is 3. The second-order valence-electron chi connectivity index (χ2n) is 8.90. The molecular weight excluding hydrogens is 500 g/mol. The van der Waals surface area contributed by atoms with Crippen LogP contribution in [0, 0.1) is 6.92 Å². The molecule has 8 nitrogen and oxygen atoms in total. The van der Waals surface area contributed by atoms with E-state index in [1.165, 1.54) is 16.2 Å². The molecule has 3 heterocycles. The number of ether oxygens (including phenoxy) is 1. The zero-order chi connectivity index (χ0) is 24.4. The van der Waals surface area contributed by atoms with Crippen LogP contribution in [0.4, 0.5) is 10.8 Å². The fourth-order valence-electron chi connectivity index (χ4n) is 4.47. The van der Waals surface area contributed by atoms with Crippen molar-refractivity contribution in [2.75, 3.05) is 49.2 Å². The molecule has 0 spiro atoms. The molecule has 0 N–H and O–H groups in total. The average molecular weight is 529 g/mol. The van der Waals surface area contributed by atoms with Crippen LogP contribution >= 0.6 is 23.7 Å². The van der Waals surface area contributed by atoms with E-state index in [2.05, 4.69) is 11.0 Å². The molecular formula is C26H29ClN4O4S. The second kappa shape index (κ2) is 11.5. The molecule has 2 fully saturated rings. The van der Waals surface area contributed by atoms with E-state index < -0.39 is 0 Å². The average Bonchev–Trinajstić information content (AvgIpc) is 3.44. The Bertz CT molecular complexity index is 1240. The monoisotopic (exact) mass is 528 g/mol. The maximum atomic E-state index is 13.6. The lowest BCUT2D eigenvalue weighted by Gasteiger charge is -2.27. The summed E-state index contributed by atoms with van der Waals surface area (Å²) >= 11 is 1.52. The van der Waals surface area contributed by atoms with Crippen LogP contribution < -0.4 is 9.80 Å². The van der Waals surface area contributed by atoms with Gasteiger partial charge in [-0.1, -0.05) is 17.4 Å². The van der Waals surface area contributed by atoms with Crippen molar-refractivity contribution in [3.8, 4) is 0 Å². The van der Waals surface area contributed by atoms with Crippen molar-refractivity contribution in [3.05, 3.63) is 53.6 Å². The van der Waals surface area contributed by atoms with Gasteiger partial charge in [-0.25, -0.2) is 4.98 Å². The molecule has 2 aliphatic heterocycles. The van der Waals surface area contributed by atoms with Crippen molar-refractivity contribution >= 4 is 62.5 Å². The van der Waals surface area contributed by atoms with Crippen LogP contribution in [-0.4, -0.2) is 67.0 Å². The maximum absolute atomic E-state index is 13.6. The minimum absolute atomic E-state index is 0. The van der Waals surface area contributed by atoms with Crippen LogP contribution in [0.1, 0.15) is 35.2 Å². The molecule has 3 amide bonds. The Morgan fingerprint density at radius 3 is 2.44 bits per heavy atom. The van der Waals surface area contributed by atoms with Crippen LogP contribution in [0.2, 0.25) is 0 Å². The summed E-state index contributed by atoms with van der Waals surface area (Å²) in [5.74, 6) is -0.555. The predicted octanol–water partition coefficient (Wildman–Crippen LogP) is 4.05. The molecule has 0 radical (unpaired) electrons. The van der Waals surface area contributed by atoms with E-state index in [1.54, 1.807) is 29.2 Å². The number of benzene rings is 2. The van der Waals surface area contributed by atoms with E-state index in [4.69, 9.17) is 9.72 Å². The summed E-state index contributed by atoms with van der Waals surface area (Å²) in [5, 5.41) is 0.673. The normalized spacial score (nSPS) is 16.4. The van der Waals surface area contributed by atoms with Gasteiger partial charge in [-0.3, -0.25) is 29.1 Å². The molecule has 0 unspecified atom stereocenters. The molecule has 5 rings (SSSR count). The first kappa shape index (κ1) is 26.2. The van der Waals surface area contributed by atoms with Crippen LogP contribution in [0.3, 0.4) is 0 Å². The number of nitrogens with zero attached hydrogens (tertiary/aromatic N) is 4. The van der Waals surface area contributed by atoms with Gasteiger partial charge in [0, 0.05) is 44.6 Å². The second-order valence-corrected chi connectivity index (χ2v) is 9.91. The number of fused-ring (bicyclic) bond motifs is 1. The van der Waals surface area contributed by atoms with Gasteiger partial charge in [-0.15, -0.1) is 12.4 Å². The third-order valence-electron chi connectivity index (χ3n) is 6.39. The predicted molar refractivity (Wildman–Crippen MR) is 143 cm³/mol. The standard InChI is InChI=1S/C26H28N4O4S.ClH/c1-18-3-8-21-22(17-18)35-26(27-21)29(12-2-11-28-13-15-34-16-14-28)25(33)19-4-6-20(7-5-19)30-23(31)9-10-24(30)32;/h3-8,17H,2,9-16H2,1H3;1H. The smallest absolute Gasteiger partial charge is 0.260 e. The van der Waals surface area contributed by atoms with Gasteiger partial charge < -0.3 is 4.74 Å². The Labute approximate surface area is 220 Å². The summed E-state index contributed by atoms with van der Waals surface area (Å²) < 4.78 is 6.48. The van der Waals surface area contributed by atoms with Gasteiger partial charge >= 0.3 is 0 Å². The van der Waals surface area contributed by atoms with E-state index in [9.17, 15) is 14.4 Å². The zero-order valence-corrected chi connectivity index (χ0v) is 21.8. The SMILES string of the molecule is Cc1ccc2nc(N(CCCN3CCOCC3)C(=O)c3ccc(N4C(=O)CCC4=O)cc3)sc2c1.Cl. The molecule has 2 aliphatic rings. The van der Waals surface area contributed by atoms with Crippen LogP contribution in [-0.2, 0) is 14.3 Å². The highest BCUT2D eigenvalue weighted by Crippen LogP contribution is 2.31. The topological polar surface area (TPSA) is 83.1 Å². The molecule has 0 aliphatic carbocycles. The number of imide groups is 1. The van der Waals surface area contributed by atoms with Gasteiger partial charge in [-0.05, 0) is 55.3 Å². The lowest BCUT2D eigenvalue weighted by Crippen LogP contribution is -2.39. The maximum Gasteiger partial charge on any atom is 0.260 e. The summed E-state index contributed by atoms with van der Waals surface area (Å²) in [4.78, 5) is 47.8. The summed E-state index contributed by atoms with van der Waals surface area (Å²) in [6.07, 6.45) is 1.27. The summed E-state index contributed by atoms with van der Waals surface area (Å²) in [5.41, 5.74) is 3.03. The number of halogens is 1. The van der Waals surface area contributed by atoms with Gasteiger partial charge in [0.2, 0.25) is 11.8 Å². The lowest BCUT2D eigenvalue weighted by molar-refractivity contribution is -0.121. The molecule has 10 heteroatoms. The van der Waals surface area contributed by atoms with E-state index in [-0.39, 0.29) is 43.0 Å². The van der Waals surface area contributed by atoms with E-state index in [0.717, 1.165) is 55.0 Å². The number of rotatable bonds is 7. The highest BCUT2D eigenvalue weighted by molar-refractivity contribution is 7.22. The van der Waals surface area contributed by atoms with Crippen molar-refractivity contribution in [2.24, 2.45) is 0 Å². The number of hydrogen-bond donors (Lipinski definition) is 0. The molecule has 2 saturated heterocycles. The van der Waals surface area contributed by atoms with Crippen molar-refractivity contribution in [1.82, 2.24) is 9.88 Å². The van der Waals surface area contributed by atoms with Gasteiger partial charge in [-0.2, -0.15) is 0 Å². The number of aromatic nitrogens is 1. The van der Waals surface area contributed by atoms with Crippen LogP contribution in [0.25, 0.3) is 10.2 Å².